The summed E-state index contributed by atoms with van der Waals surface area (Å²) >= 11 is 3.47. The zero-order valence-corrected chi connectivity index (χ0v) is 15.1. The van der Waals surface area contributed by atoms with Gasteiger partial charge in [-0.25, -0.2) is 13.1 Å². The third kappa shape index (κ3) is 4.77. The van der Waals surface area contributed by atoms with Crippen molar-refractivity contribution < 1.29 is 8.42 Å². The highest BCUT2D eigenvalue weighted by Gasteiger charge is 2.25. The fraction of sp³-hybridized carbons (Fsp3) is 0.600. The molecule has 1 aromatic rings. The fourth-order valence-electron chi connectivity index (χ4n) is 2.04. The van der Waals surface area contributed by atoms with Crippen LogP contribution in [0, 0.1) is 12.8 Å². The minimum Gasteiger partial charge on any atom is -0.310 e. The minimum absolute atomic E-state index is 0.359. The summed E-state index contributed by atoms with van der Waals surface area (Å²) in [6.45, 7) is 7.17. The van der Waals surface area contributed by atoms with E-state index in [0.29, 0.717) is 29.9 Å². The van der Waals surface area contributed by atoms with Crippen LogP contribution >= 0.6 is 15.9 Å². The molecule has 1 aliphatic carbocycles. The molecule has 118 valence electrons. The van der Waals surface area contributed by atoms with Crippen LogP contribution < -0.4 is 10.0 Å². The number of benzene rings is 1. The molecular weight excluding hydrogens is 352 g/mol. The van der Waals surface area contributed by atoms with Gasteiger partial charge in [-0.15, -0.1) is 0 Å². The maximum atomic E-state index is 12.5. The Hall–Kier alpha value is -0.430. The van der Waals surface area contributed by atoms with Crippen LogP contribution in [0.5, 0.6) is 0 Å². The summed E-state index contributed by atoms with van der Waals surface area (Å²) in [6, 6.07) is 4.10. The Labute approximate surface area is 135 Å². The summed E-state index contributed by atoms with van der Waals surface area (Å²) in [5.41, 5.74) is 1.72. The monoisotopic (exact) mass is 374 g/mol. The summed E-state index contributed by atoms with van der Waals surface area (Å²) in [7, 11) is -3.44. The number of sulfonamides is 1. The highest BCUT2D eigenvalue weighted by atomic mass is 79.9. The van der Waals surface area contributed by atoms with Crippen LogP contribution in [0.1, 0.15) is 37.8 Å². The van der Waals surface area contributed by atoms with E-state index in [4.69, 9.17) is 0 Å². The number of nitrogens with one attached hydrogen (secondary N) is 2. The van der Waals surface area contributed by atoms with Gasteiger partial charge in [0.2, 0.25) is 10.0 Å². The van der Waals surface area contributed by atoms with Crippen molar-refractivity contribution in [1.29, 1.82) is 0 Å². The Balaban J connectivity index is 2.23. The van der Waals surface area contributed by atoms with Crippen LogP contribution in [-0.4, -0.2) is 21.0 Å². The third-order valence-electron chi connectivity index (χ3n) is 3.62. The van der Waals surface area contributed by atoms with Crippen molar-refractivity contribution in [3.05, 3.63) is 27.7 Å². The normalized spacial score (nSPS) is 15.7. The van der Waals surface area contributed by atoms with Gasteiger partial charge in [0.25, 0.3) is 0 Å². The van der Waals surface area contributed by atoms with Crippen LogP contribution in [0.15, 0.2) is 21.5 Å². The third-order valence-corrected chi connectivity index (χ3v) is 5.99. The minimum atomic E-state index is -3.44. The van der Waals surface area contributed by atoms with Gasteiger partial charge in [0.05, 0.1) is 4.90 Å². The SMILES string of the molecule is Cc1c(Br)cc(CNC(C)C)cc1S(=O)(=O)NCC1CC1. The van der Waals surface area contributed by atoms with Gasteiger partial charge in [-0.1, -0.05) is 29.8 Å². The smallest absolute Gasteiger partial charge is 0.240 e. The lowest BCUT2D eigenvalue weighted by molar-refractivity contribution is 0.574. The average molecular weight is 375 g/mol. The average Bonchev–Trinajstić information content (AvgIpc) is 3.21. The molecule has 1 aliphatic rings. The van der Waals surface area contributed by atoms with Crippen molar-refractivity contribution in [2.75, 3.05) is 6.54 Å². The summed E-state index contributed by atoms with van der Waals surface area (Å²) in [5.74, 6) is 0.523. The second kappa shape index (κ2) is 6.77. The first kappa shape index (κ1) is 16.9. The molecule has 0 saturated heterocycles. The van der Waals surface area contributed by atoms with Gasteiger partial charge < -0.3 is 5.32 Å². The molecule has 4 nitrogen and oxygen atoms in total. The molecule has 2 rings (SSSR count). The zero-order chi connectivity index (χ0) is 15.6. The fourth-order valence-corrected chi connectivity index (χ4v) is 4.11. The molecule has 0 aromatic heterocycles. The Morgan fingerprint density at radius 1 is 1.33 bits per heavy atom. The van der Waals surface area contributed by atoms with E-state index < -0.39 is 10.0 Å². The predicted octanol–water partition coefficient (Wildman–Crippen LogP) is 2.94. The van der Waals surface area contributed by atoms with Crippen molar-refractivity contribution in [3.8, 4) is 0 Å². The Kier molecular flexibility index (Phi) is 5.46. The molecule has 1 saturated carbocycles. The first-order chi connectivity index (χ1) is 9.79. The van der Waals surface area contributed by atoms with Crippen LogP contribution in [0.4, 0.5) is 0 Å². The maximum Gasteiger partial charge on any atom is 0.240 e. The first-order valence-electron chi connectivity index (χ1n) is 7.31. The summed E-state index contributed by atoms with van der Waals surface area (Å²) in [6.07, 6.45) is 2.26. The van der Waals surface area contributed by atoms with Crippen molar-refractivity contribution in [2.24, 2.45) is 5.92 Å². The molecule has 0 bridgehead atoms. The van der Waals surface area contributed by atoms with E-state index in [1.165, 1.54) is 0 Å². The molecule has 0 heterocycles. The van der Waals surface area contributed by atoms with Gasteiger partial charge in [-0.3, -0.25) is 0 Å². The molecule has 0 spiro atoms. The Bertz CT molecular complexity index is 610. The van der Waals surface area contributed by atoms with Gasteiger partial charge in [-0.05, 0) is 48.9 Å². The maximum absolute atomic E-state index is 12.5. The number of hydrogen-bond donors (Lipinski definition) is 2. The van der Waals surface area contributed by atoms with Crippen molar-refractivity contribution in [1.82, 2.24) is 10.0 Å². The van der Waals surface area contributed by atoms with Gasteiger partial charge in [0, 0.05) is 23.6 Å². The van der Waals surface area contributed by atoms with E-state index in [0.717, 1.165) is 28.4 Å². The number of halogens is 1. The molecule has 21 heavy (non-hydrogen) atoms. The molecule has 0 radical (unpaired) electrons. The quantitative estimate of drug-likeness (QED) is 0.771. The molecule has 1 fully saturated rings. The van der Waals surface area contributed by atoms with Crippen molar-refractivity contribution >= 4 is 26.0 Å². The Morgan fingerprint density at radius 3 is 2.57 bits per heavy atom. The molecule has 2 N–H and O–H groups in total. The number of rotatable bonds is 7. The van der Waals surface area contributed by atoms with Gasteiger partial charge in [0.15, 0.2) is 0 Å². The lowest BCUT2D eigenvalue weighted by atomic mass is 10.1. The lowest BCUT2D eigenvalue weighted by Crippen LogP contribution is -2.27. The largest absolute Gasteiger partial charge is 0.310 e. The van der Waals surface area contributed by atoms with E-state index in [1.54, 1.807) is 6.07 Å². The predicted molar refractivity (Wildman–Crippen MR) is 88.8 cm³/mol. The summed E-state index contributed by atoms with van der Waals surface area (Å²) in [5, 5.41) is 3.31. The van der Waals surface area contributed by atoms with Crippen LogP contribution in [0.3, 0.4) is 0 Å². The van der Waals surface area contributed by atoms with Gasteiger partial charge in [0.1, 0.15) is 0 Å². The summed E-state index contributed by atoms with van der Waals surface area (Å²) in [4.78, 5) is 0.373. The van der Waals surface area contributed by atoms with Gasteiger partial charge >= 0.3 is 0 Å². The second-order valence-electron chi connectivity index (χ2n) is 6.03. The molecular formula is C15H23BrN2O2S. The highest BCUT2D eigenvalue weighted by Crippen LogP contribution is 2.29. The number of hydrogen-bond acceptors (Lipinski definition) is 3. The standard InChI is InChI=1S/C15H23BrN2O2S/c1-10(2)17-8-13-6-14(16)11(3)15(7-13)21(19,20)18-9-12-4-5-12/h6-7,10,12,17-18H,4-5,8-9H2,1-3H3. The van der Waals surface area contributed by atoms with E-state index in [2.05, 4.69) is 39.8 Å². The van der Waals surface area contributed by atoms with E-state index in [9.17, 15) is 8.42 Å². The first-order valence-corrected chi connectivity index (χ1v) is 9.59. The Morgan fingerprint density at radius 2 is 2.00 bits per heavy atom. The second-order valence-corrected chi connectivity index (χ2v) is 8.62. The molecule has 1 aromatic carbocycles. The molecule has 0 atom stereocenters. The highest BCUT2D eigenvalue weighted by molar-refractivity contribution is 9.10. The molecule has 6 heteroatoms. The molecule has 0 aliphatic heterocycles. The van der Waals surface area contributed by atoms with Crippen molar-refractivity contribution in [2.45, 2.75) is 51.1 Å². The zero-order valence-electron chi connectivity index (χ0n) is 12.7. The summed E-state index contributed by atoms with van der Waals surface area (Å²) < 4.78 is 28.5. The lowest BCUT2D eigenvalue weighted by Gasteiger charge is -2.14. The van der Waals surface area contributed by atoms with Crippen LogP contribution in [0.2, 0.25) is 0 Å². The van der Waals surface area contributed by atoms with E-state index >= 15 is 0 Å². The molecule has 0 unspecified atom stereocenters. The van der Waals surface area contributed by atoms with Crippen LogP contribution in [0.25, 0.3) is 0 Å². The topological polar surface area (TPSA) is 58.2 Å². The molecule has 0 amide bonds. The van der Waals surface area contributed by atoms with Crippen molar-refractivity contribution in [3.63, 3.8) is 0 Å². The van der Waals surface area contributed by atoms with Gasteiger partial charge in [-0.2, -0.15) is 0 Å². The van der Waals surface area contributed by atoms with E-state index in [1.807, 2.05) is 13.0 Å². The van der Waals surface area contributed by atoms with Crippen LogP contribution in [-0.2, 0) is 16.6 Å². The van der Waals surface area contributed by atoms with E-state index in [-0.39, 0.29) is 0 Å².